The van der Waals surface area contributed by atoms with Gasteiger partial charge in [-0.05, 0) is 19.3 Å². The summed E-state index contributed by atoms with van der Waals surface area (Å²) in [6.07, 6.45) is 3.24. The number of halogens is 2. The van der Waals surface area contributed by atoms with E-state index in [0.717, 1.165) is 25.0 Å². The molecule has 0 aromatic carbocycles. The summed E-state index contributed by atoms with van der Waals surface area (Å²) in [5.41, 5.74) is 1.35. The van der Waals surface area contributed by atoms with Gasteiger partial charge in [0.25, 0.3) is 0 Å². The Morgan fingerprint density at radius 2 is 2.29 bits per heavy atom. The first kappa shape index (κ1) is 12.7. The number of nitrogens with two attached hydrogens (primary N) is 1. The normalized spacial score (nSPS) is 36.9. The van der Waals surface area contributed by atoms with E-state index in [2.05, 4.69) is 37.2 Å². The van der Waals surface area contributed by atoms with E-state index in [4.69, 9.17) is 17.4 Å². The molecule has 0 radical (unpaired) electrons. The summed E-state index contributed by atoms with van der Waals surface area (Å²) in [5.74, 6) is 5.76. The average Bonchev–Trinajstić information content (AvgIpc) is 2.09. The third-order valence-electron chi connectivity index (χ3n) is 2.70. The van der Waals surface area contributed by atoms with Crippen LogP contribution < -0.4 is 5.84 Å². The molecule has 14 heavy (non-hydrogen) atoms. The Labute approximate surface area is 101 Å². The zero-order valence-electron chi connectivity index (χ0n) is 8.29. The van der Waals surface area contributed by atoms with Crippen molar-refractivity contribution in [1.82, 2.24) is 0 Å². The molecule has 2 nitrogen and oxygen atoms in total. The summed E-state index contributed by atoms with van der Waals surface area (Å²) in [6.45, 7) is 2.08. The molecular formula is C9H17BrClN2P. The second kappa shape index (κ2) is 5.67. The fraction of sp³-hybridized carbons (Fsp3) is 0.889. The molecular weight excluding hydrogens is 282 g/mol. The highest BCUT2D eigenvalue weighted by Gasteiger charge is 2.32. The van der Waals surface area contributed by atoms with Crippen molar-refractivity contribution in [3.63, 3.8) is 0 Å². The van der Waals surface area contributed by atoms with Crippen molar-refractivity contribution >= 4 is 42.5 Å². The Morgan fingerprint density at radius 1 is 1.64 bits per heavy atom. The number of hydrazone groups is 1. The summed E-state index contributed by atoms with van der Waals surface area (Å²) in [4.78, 5) is 0.556. The predicted molar refractivity (Wildman–Crippen MR) is 70.5 cm³/mol. The minimum atomic E-state index is 0.165. The lowest BCUT2D eigenvalue weighted by Gasteiger charge is -2.32. The molecule has 0 aromatic rings. The van der Waals surface area contributed by atoms with Crippen molar-refractivity contribution in [1.29, 1.82) is 0 Å². The van der Waals surface area contributed by atoms with Gasteiger partial charge in [-0.15, -0.1) is 20.8 Å². The zero-order valence-corrected chi connectivity index (χ0v) is 11.8. The SMILES string of the molecule is CC(P)/C(=N\N)C1CCC(Br)C[C@H]1Cl. The van der Waals surface area contributed by atoms with Crippen LogP contribution in [-0.4, -0.2) is 21.6 Å². The van der Waals surface area contributed by atoms with Gasteiger partial charge in [-0.3, -0.25) is 0 Å². The first-order valence-electron chi connectivity index (χ1n) is 4.87. The van der Waals surface area contributed by atoms with Crippen LogP contribution in [0, 0.1) is 5.92 Å². The van der Waals surface area contributed by atoms with Crippen molar-refractivity contribution in [3.05, 3.63) is 0 Å². The van der Waals surface area contributed by atoms with Crippen LogP contribution >= 0.6 is 36.8 Å². The van der Waals surface area contributed by atoms with Crippen LogP contribution in [0.2, 0.25) is 0 Å². The van der Waals surface area contributed by atoms with E-state index in [1.54, 1.807) is 0 Å². The molecule has 5 heteroatoms. The van der Waals surface area contributed by atoms with Crippen LogP contribution in [0.15, 0.2) is 5.10 Å². The highest BCUT2D eigenvalue weighted by Crippen LogP contribution is 2.34. The molecule has 0 aromatic heterocycles. The fourth-order valence-electron chi connectivity index (χ4n) is 1.95. The smallest absolute Gasteiger partial charge is 0.0487 e. The van der Waals surface area contributed by atoms with Crippen LogP contribution in [0.3, 0.4) is 0 Å². The maximum atomic E-state index is 6.32. The van der Waals surface area contributed by atoms with E-state index >= 15 is 0 Å². The van der Waals surface area contributed by atoms with Gasteiger partial charge in [-0.2, -0.15) is 5.10 Å². The van der Waals surface area contributed by atoms with Crippen molar-refractivity contribution in [2.75, 3.05) is 0 Å². The molecule has 82 valence electrons. The Kier molecular flexibility index (Phi) is 5.16. The Hall–Kier alpha value is 0.670. The third-order valence-corrected chi connectivity index (χ3v) is 4.36. The van der Waals surface area contributed by atoms with Gasteiger partial charge < -0.3 is 5.84 Å². The van der Waals surface area contributed by atoms with E-state index < -0.39 is 0 Å². The molecule has 1 rings (SSSR count). The number of hydrogen-bond donors (Lipinski definition) is 1. The summed E-state index contributed by atoms with van der Waals surface area (Å²) in [6, 6.07) is 0. The van der Waals surface area contributed by atoms with Crippen LogP contribution in [0.1, 0.15) is 26.2 Å². The molecule has 0 aliphatic heterocycles. The van der Waals surface area contributed by atoms with Crippen molar-refractivity contribution < 1.29 is 0 Å². The first-order valence-corrected chi connectivity index (χ1v) is 6.89. The third kappa shape index (κ3) is 3.08. The van der Waals surface area contributed by atoms with Crippen molar-refractivity contribution in [2.24, 2.45) is 16.9 Å². The van der Waals surface area contributed by atoms with Gasteiger partial charge >= 0.3 is 0 Å². The van der Waals surface area contributed by atoms with Gasteiger partial charge in [0.1, 0.15) is 0 Å². The largest absolute Gasteiger partial charge is 0.323 e. The molecule has 1 aliphatic rings. The molecule has 0 spiro atoms. The minimum absolute atomic E-state index is 0.165. The van der Waals surface area contributed by atoms with Crippen molar-refractivity contribution in [2.45, 2.75) is 42.0 Å². The monoisotopic (exact) mass is 298 g/mol. The molecule has 2 N–H and O–H groups in total. The molecule has 1 saturated carbocycles. The van der Waals surface area contributed by atoms with Crippen LogP contribution in [0.25, 0.3) is 0 Å². The lowest BCUT2D eigenvalue weighted by atomic mass is 9.84. The van der Waals surface area contributed by atoms with Crippen molar-refractivity contribution in [3.8, 4) is 0 Å². The maximum absolute atomic E-state index is 6.32. The number of rotatable bonds is 2. The Balaban J connectivity index is 2.68. The second-order valence-corrected chi connectivity index (χ2v) is 6.73. The number of nitrogens with zero attached hydrogens (tertiary/aromatic N) is 1. The highest BCUT2D eigenvalue weighted by molar-refractivity contribution is 9.09. The predicted octanol–water partition coefficient (Wildman–Crippen LogP) is 2.74. The lowest BCUT2D eigenvalue weighted by Crippen LogP contribution is -2.35. The quantitative estimate of drug-likeness (QED) is 0.275. The van der Waals surface area contributed by atoms with Gasteiger partial charge in [-0.1, -0.05) is 22.9 Å². The topological polar surface area (TPSA) is 38.4 Å². The van der Waals surface area contributed by atoms with Gasteiger partial charge in [-0.25, -0.2) is 0 Å². The number of alkyl halides is 2. The first-order chi connectivity index (χ1) is 6.56. The van der Waals surface area contributed by atoms with E-state index in [1.165, 1.54) is 0 Å². The van der Waals surface area contributed by atoms with Crippen LogP contribution in [0.4, 0.5) is 0 Å². The maximum Gasteiger partial charge on any atom is 0.0487 e. The standard InChI is InChI=1S/C9H17BrClN2P/c1-5(14)9(13-12)7-3-2-6(10)4-8(7)11/h5-8H,2-4,12,14H2,1H3/b13-9+/t5?,6?,7?,8-/m1/s1. The molecule has 5 atom stereocenters. The highest BCUT2D eigenvalue weighted by atomic mass is 79.9. The van der Waals surface area contributed by atoms with E-state index in [9.17, 15) is 0 Å². The van der Waals surface area contributed by atoms with Gasteiger partial charge in [0.05, 0.1) is 0 Å². The summed E-state index contributed by atoms with van der Waals surface area (Å²) >= 11 is 9.92. The molecule has 1 fully saturated rings. The average molecular weight is 300 g/mol. The Morgan fingerprint density at radius 3 is 2.71 bits per heavy atom. The van der Waals surface area contributed by atoms with E-state index in [1.807, 2.05) is 0 Å². The molecule has 1 aliphatic carbocycles. The summed E-state index contributed by atoms with van der Waals surface area (Å²) in [7, 11) is 2.73. The molecule has 0 saturated heterocycles. The zero-order chi connectivity index (χ0) is 10.7. The molecule has 0 bridgehead atoms. The molecule has 4 unspecified atom stereocenters. The van der Waals surface area contributed by atoms with Crippen LogP contribution in [-0.2, 0) is 0 Å². The van der Waals surface area contributed by atoms with Gasteiger partial charge in [0.2, 0.25) is 0 Å². The van der Waals surface area contributed by atoms with Crippen LogP contribution in [0.5, 0.6) is 0 Å². The number of hydrogen-bond acceptors (Lipinski definition) is 2. The summed E-state index contributed by atoms with van der Waals surface area (Å²) < 4.78 is 0. The minimum Gasteiger partial charge on any atom is -0.323 e. The van der Waals surface area contributed by atoms with Gasteiger partial charge in [0.15, 0.2) is 0 Å². The molecule has 0 heterocycles. The lowest BCUT2D eigenvalue weighted by molar-refractivity contribution is 0.456. The Bertz CT molecular complexity index is 223. The van der Waals surface area contributed by atoms with Gasteiger partial charge in [0, 0.05) is 27.5 Å². The molecule has 0 amide bonds. The summed E-state index contributed by atoms with van der Waals surface area (Å²) in [5, 5.41) is 4.05. The van der Waals surface area contributed by atoms with E-state index in [0.29, 0.717) is 16.4 Å². The van der Waals surface area contributed by atoms with E-state index in [-0.39, 0.29) is 5.38 Å². The second-order valence-electron chi connectivity index (χ2n) is 3.88. The fourth-order valence-corrected chi connectivity index (χ4v) is 3.64.